The second-order valence-electron chi connectivity index (χ2n) is 6.50. The van der Waals surface area contributed by atoms with Crippen molar-refractivity contribution in [2.45, 2.75) is 19.2 Å². The van der Waals surface area contributed by atoms with Crippen LogP contribution in [0.5, 0.6) is 11.5 Å². The summed E-state index contributed by atoms with van der Waals surface area (Å²) in [6.07, 6.45) is -3.29. The van der Waals surface area contributed by atoms with E-state index in [4.69, 9.17) is 25.8 Å². The molecule has 1 atom stereocenters. The molecule has 10 heteroatoms. The van der Waals surface area contributed by atoms with Crippen molar-refractivity contribution < 1.29 is 37.0 Å². The van der Waals surface area contributed by atoms with E-state index >= 15 is 0 Å². The van der Waals surface area contributed by atoms with Crippen LogP contribution in [-0.4, -0.2) is 31.2 Å². The van der Waals surface area contributed by atoms with E-state index in [1.807, 2.05) is 0 Å². The van der Waals surface area contributed by atoms with Crippen molar-refractivity contribution in [3.05, 3.63) is 58.6 Å². The van der Waals surface area contributed by atoms with Crippen molar-refractivity contribution in [2.24, 2.45) is 0 Å². The number of alkyl halides is 3. The number of hydrogen-bond donors (Lipinski definition) is 1. The van der Waals surface area contributed by atoms with Crippen molar-refractivity contribution in [3.63, 3.8) is 0 Å². The van der Waals surface area contributed by atoms with Crippen LogP contribution in [0.15, 0.2) is 42.5 Å². The molecule has 1 amide bonds. The van der Waals surface area contributed by atoms with Crippen LogP contribution in [0.2, 0.25) is 5.02 Å². The molecule has 0 radical (unpaired) electrons. The molecule has 164 valence electrons. The first-order valence-corrected chi connectivity index (χ1v) is 9.47. The van der Waals surface area contributed by atoms with Crippen LogP contribution in [0.4, 0.5) is 18.9 Å². The Bertz CT molecular complexity index is 1020. The van der Waals surface area contributed by atoms with Gasteiger partial charge < -0.3 is 19.5 Å². The van der Waals surface area contributed by atoms with Gasteiger partial charge in [0, 0.05) is 6.08 Å². The summed E-state index contributed by atoms with van der Waals surface area (Å²) in [5, 5.41) is 2.15. The monoisotopic (exact) mass is 455 g/mol. The molecule has 1 unspecified atom stereocenters. The van der Waals surface area contributed by atoms with E-state index in [9.17, 15) is 22.8 Å². The number of nitrogens with one attached hydrogen (secondary N) is 1. The number of anilines is 1. The lowest BCUT2D eigenvalue weighted by Gasteiger charge is -2.18. The zero-order valence-corrected chi connectivity index (χ0v) is 16.9. The van der Waals surface area contributed by atoms with E-state index in [-0.39, 0.29) is 10.7 Å². The first-order valence-electron chi connectivity index (χ1n) is 9.09. The van der Waals surface area contributed by atoms with Crippen molar-refractivity contribution in [3.8, 4) is 11.5 Å². The highest BCUT2D eigenvalue weighted by Gasteiger charge is 2.31. The Morgan fingerprint density at radius 3 is 2.55 bits per heavy atom. The molecule has 0 spiro atoms. The Morgan fingerprint density at radius 2 is 1.84 bits per heavy atom. The van der Waals surface area contributed by atoms with Gasteiger partial charge in [-0.3, -0.25) is 4.79 Å². The first-order chi connectivity index (χ1) is 14.6. The minimum absolute atomic E-state index is 0.0848. The van der Waals surface area contributed by atoms with Crippen LogP contribution < -0.4 is 14.8 Å². The molecule has 31 heavy (non-hydrogen) atoms. The predicted octanol–water partition coefficient (Wildman–Crippen LogP) is 4.71. The molecule has 2 aromatic carbocycles. The maximum Gasteiger partial charge on any atom is 0.416 e. The third kappa shape index (κ3) is 5.91. The number of hydrogen-bond acceptors (Lipinski definition) is 5. The maximum absolute atomic E-state index is 12.8. The Hall–Kier alpha value is -3.20. The molecule has 6 nitrogen and oxygen atoms in total. The molecule has 1 aliphatic heterocycles. The zero-order valence-electron chi connectivity index (χ0n) is 16.2. The van der Waals surface area contributed by atoms with E-state index in [0.717, 1.165) is 18.2 Å². The van der Waals surface area contributed by atoms with E-state index in [1.54, 1.807) is 18.2 Å². The van der Waals surface area contributed by atoms with Gasteiger partial charge in [-0.1, -0.05) is 17.7 Å². The van der Waals surface area contributed by atoms with Crippen LogP contribution in [-0.2, 0) is 20.5 Å². The highest BCUT2D eigenvalue weighted by molar-refractivity contribution is 6.33. The van der Waals surface area contributed by atoms with Crippen molar-refractivity contribution in [2.75, 3.05) is 18.5 Å². The summed E-state index contributed by atoms with van der Waals surface area (Å²) in [4.78, 5) is 24.2. The number of benzene rings is 2. The molecule has 1 N–H and O–H groups in total. The third-order valence-electron chi connectivity index (χ3n) is 4.19. The van der Waals surface area contributed by atoms with Crippen LogP contribution in [0, 0.1) is 0 Å². The summed E-state index contributed by atoms with van der Waals surface area (Å²) in [6, 6.07) is 7.62. The van der Waals surface area contributed by atoms with E-state index in [2.05, 4.69) is 5.32 Å². The highest BCUT2D eigenvalue weighted by atomic mass is 35.5. The van der Waals surface area contributed by atoms with Crippen LogP contribution in [0.3, 0.4) is 0 Å². The molecule has 0 saturated carbocycles. The number of halogens is 4. The van der Waals surface area contributed by atoms with Crippen LogP contribution >= 0.6 is 11.6 Å². The summed E-state index contributed by atoms with van der Waals surface area (Å²) in [6.45, 7) is 2.16. The number of carbonyl (C=O) groups excluding carboxylic acids is 2. The maximum atomic E-state index is 12.8. The summed E-state index contributed by atoms with van der Waals surface area (Å²) in [5.41, 5.74) is -0.565. The van der Waals surface area contributed by atoms with Gasteiger partial charge in [-0.2, -0.15) is 13.2 Å². The van der Waals surface area contributed by atoms with Crippen LogP contribution in [0.25, 0.3) is 6.08 Å². The number of fused-ring (bicyclic) bond motifs is 1. The van der Waals surface area contributed by atoms with Gasteiger partial charge in [0.15, 0.2) is 17.6 Å². The SMILES string of the molecule is CC(OC(=O)/C=C/c1ccc2c(c1)OCCO2)C(=O)Nc1cc(C(F)(F)F)ccc1Cl. The minimum atomic E-state index is -4.60. The molecule has 0 bridgehead atoms. The lowest BCUT2D eigenvalue weighted by atomic mass is 10.2. The standard InChI is InChI=1S/C21H17ClF3NO5/c1-12(20(28)26-16-11-14(21(23,24)25)4-5-15(16)22)31-19(27)7-3-13-2-6-17-18(10-13)30-9-8-29-17/h2-7,10-12H,8-9H2,1H3,(H,26,28)/b7-3+. The second-order valence-corrected chi connectivity index (χ2v) is 6.90. The van der Waals surface area contributed by atoms with Crippen molar-refractivity contribution in [1.82, 2.24) is 0 Å². The molecule has 0 fully saturated rings. The topological polar surface area (TPSA) is 73.9 Å². The van der Waals surface area contributed by atoms with E-state index in [0.29, 0.717) is 36.3 Å². The average molecular weight is 456 g/mol. The quantitative estimate of drug-likeness (QED) is 0.522. The first kappa shape index (κ1) is 22.5. The van der Waals surface area contributed by atoms with Gasteiger partial charge in [0.2, 0.25) is 0 Å². The number of carbonyl (C=O) groups is 2. The zero-order chi connectivity index (χ0) is 22.6. The lowest BCUT2D eigenvalue weighted by Crippen LogP contribution is -2.29. The van der Waals surface area contributed by atoms with E-state index < -0.39 is 29.7 Å². The van der Waals surface area contributed by atoms with Gasteiger partial charge in [-0.15, -0.1) is 0 Å². The van der Waals surface area contributed by atoms with Gasteiger partial charge in [0.05, 0.1) is 16.3 Å². The number of amides is 1. The number of esters is 1. The second kappa shape index (κ2) is 9.30. The number of rotatable bonds is 5. The molecule has 1 heterocycles. The third-order valence-corrected chi connectivity index (χ3v) is 4.52. The van der Waals surface area contributed by atoms with Gasteiger partial charge in [0.1, 0.15) is 13.2 Å². The molecule has 3 rings (SSSR count). The normalized spacial score (nSPS) is 14.2. The molecule has 0 aliphatic carbocycles. The molecule has 0 aromatic heterocycles. The highest BCUT2D eigenvalue weighted by Crippen LogP contribution is 2.34. The Kier molecular flexibility index (Phi) is 6.74. The smallest absolute Gasteiger partial charge is 0.416 e. The van der Waals surface area contributed by atoms with Crippen LogP contribution in [0.1, 0.15) is 18.1 Å². The Balaban J connectivity index is 1.59. The molecule has 0 saturated heterocycles. The van der Waals surface area contributed by atoms with Gasteiger partial charge >= 0.3 is 12.1 Å². The summed E-state index contributed by atoms with van der Waals surface area (Å²) in [5.74, 6) is -0.494. The fourth-order valence-electron chi connectivity index (χ4n) is 2.63. The van der Waals surface area contributed by atoms with Gasteiger partial charge in [-0.05, 0) is 48.9 Å². The number of ether oxygens (including phenoxy) is 3. The average Bonchev–Trinajstić information content (AvgIpc) is 2.72. The largest absolute Gasteiger partial charge is 0.486 e. The van der Waals surface area contributed by atoms with Crippen molar-refractivity contribution >= 4 is 35.2 Å². The Morgan fingerprint density at radius 1 is 1.13 bits per heavy atom. The Labute approximate surface area is 180 Å². The molecular weight excluding hydrogens is 439 g/mol. The lowest BCUT2D eigenvalue weighted by molar-refractivity contribution is -0.148. The van der Waals surface area contributed by atoms with Crippen molar-refractivity contribution in [1.29, 1.82) is 0 Å². The summed E-state index contributed by atoms with van der Waals surface area (Å²) in [7, 11) is 0. The molecule has 2 aromatic rings. The summed E-state index contributed by atoms with van der Waals surface area (Å²) >= 11 is 5.85. The molecule has 1 aliphatic rings. The fraction of sp³-hybridized carbons (Fsp3) is 0.238. The predicted molar refractivity (Wildman–Crippen MR) is 107 cm³/mol. The fourth-order valence-corrected chi connectivity index (χ4v) is 2.79. The van der Waals surface area contributed by atoms with E-state index in [1.165, 1.54) is 13.0 Å². The van der Waals surface area contributed by atoms with Gasteiger partial charge in [0.25, 0.3) is 5.91 Å². The van der Waals surface area contributed by atoms with Gasteiger partial charge in [-0.25, -0.2) is 4.79 Å². The summed E-state index contributed by atoms with van der Waals surface area (Å²) < 4.78 is 54.4. The minimum Gasteiger partial charge on any atom is -0.486 e. The molecular formula is C21H17ClF3NO5.